The van der Waals surface area contributed by atoms with Gasteiger partial charge in [0.2, 0.25) is 0 Å². The molecule has 1 heteroatoms. The second-order valence-electron chi connectivity index (χ2n) is 7.33. The summed E-state index contributed by atoms with van der Waals surface area (Å²) in [4.78, 5) is 1.02. The van der Waals surface area contributed by atoms with Gasteiger partial charge in [0.1, 0.15) is 0 Å². The molecule has 0 aliphatic heterocycles. The number of rotatable bonds is 2. The molecule has 0 aliphatic carbocycles. The van der Waals surface area contributed by atoms with Gasteiger partial charge >= 0.3 is 0 Å². The molecule has 0 aromatic heterocycles. The Labute approximate surface area is 151 Å². The number of benzene rings is 3. The zero-order chi connectivity index (χ0) is 17.3. The highest BCUT2D eigenvalue weighted by atomic mass is 32.1. The highest BCUT2D eigenvalue weighted by Crippen LogP contribution is 2.38. The van der Waals surface area contributed by atoms with Crippen molar-refractivity contribution in [2.24, 2.45) is 0 Å². The minimum atomic E-state index is 0.0948. The monoisotopic (exact) mass is 332 g/mol. The van der Waals surface area contributed by atoms with Gasteiger partial charge in [-0.1, -0.05) is 81.4 Å². The van der Waals surface area contributed by atoms with Crippen molar-refractivity contribution >= 4 is 12.6 Å². The topological polar surface area (TPSA) is 0 Å². The predicted molar refractivity (Wildman–Crippen MR) is 108 cm³/mol. The fraction of sp³-hybridized carbons (Fsp3) is 0.217. The van der Waals surface area contributed by atoms with Crippen LogP contribution in [0.2, 0.25) is 0 Å². The molecule has 0 fully saturated rings. The Hall–Kier alpha value is -1.99. The third-order valence-electron chi connectivity index (χ3n) is 4.55. The van der Waals surface area contributed by atoms with E-state index in [1.54, 1.807) is 0 Å². The summed E-state index contributed by atoms with van der Waals surface area (Å²) in [5.74, 6) is 0. The predicted octanol–water partition coefficient (Wildman–Crippen LogP) is 6.92. The quantitative estimate of drug-likeness (QED) is 0.484. The van der Waals surface area contributed by atoms with Crippen LogP contribution in [0, 0.1) is 6.92 Å². The summed E-state index contributed by atoms with van der Waals surface area (Å²) in [5, 5.41) is 0. The molecule has 0 radical (unpaired) electrons. The summed E-state index contributed by atoms with van der Waals surface area (Å²) in [5.41, 5.74) is 7.77. The maximum atomic E-state index is 4.68. The molecule has 0 heterocycles. The Morgan fingerprint density at radius 2 is 1.29 bits per heavy atom. The Balaban J connectivity index is 2.32. The summed E-state index contributed by atoms with van der Waals surface area (Å²) in [6.45, 7) is 9.01. The van der Waals surface area contributed by atoms with Crippen molar-refractivity contribution in [2.75, 3.05) is 0 Å². The van der Waals surface area contributed by atoms with Crippen LogP contribution in [0.25, 0.3) is 22.3 Å². The highest BCUT2D eigenvalue weighted by molar-refractivity contribution is 7.80. The van der Waals surface area contributed by atoms with E-state index < -0.39 is 0 Å². The van der Waals surface area contributed by atoms with Crippen LogP contribution in [0.5, 0.6) is 0 Å². The van der Waals surface area contributed by atoms with E-state index in [1.165, 1.54) is 33.4 Å². The smallest absolute Gasteiger partial charge is 0.0119 e. The third kappa shape index (κ3) is 3.27. The van der Waals surface area contributed by atoms with Crippen molar-refractivity contribution < 1.29 is 0 Å². The normalized spacial score (nSPS) is 11.5. The van der Waals surface area contributed by atoms with E-state index >= 15 is 0 Å². The van der Waals surface area contributed by atoms with Crippen LogP contribution in [0.1, 0.15) is 31.9 Å². The van der Waals surface area contributed by atoms with Gasteiger partial charge in [-0.3, -0.25) is 0 Å². The van der Waals surface area contributed by atoms with Crippen LogP contribution in [-0.4, -0.2) is 0 Å². The first-order chi connectivity index (χ1) is 11.4. The van der Waals surface area contributed by atoms with E-state index in [4.69, 9.17) is 0 Å². The van der Waals surface area contributed by atoms with E-state index in [-0.39, 0.29) is 5.41 Å². The molecule has 3 aromatic rings. The largest absolute Gasteiger partial charge is 0.143 e. The lowest BCUT2D eigenvalue weighted by atomic mass is 9.81. The van der Waals surface area contributed by atoms with Crippen molar-refractivity contribution in [3.63, 3.8) is 0 Å². The molecule has 0 N–H and O–H groups in total. The average Bonchev–Trinajstić information content (AvgIpc) is 2.55. The van der Waals surface area contributed by atoms with E-state index in [9.17, 15) is 0 Å². The molecule has 24 heavy (non-hydrogen) atoms. The van der Waals surface area contributed by atoms with E-state index in [0.29, 0.717) is 0 Å². The molecular weight excluding hydrogens is 308 g/mol. The van der Waals surface area contributed by atoms with Crippen molar-refractivity contribution in [1.29, 1.82) is 0 Å². The number of thiol groups is 1. The SMILES string of the molecule is Cc1c(-c2ccccc2)cc(C(C)(C)C)cc1-c1ccccc1S. The zero-order valence-corrected chi connectivity index (χ0v) is 15.7. The van der Waals surface area contributed by atoms with Crippen molar-refractivity contribution in [2.45, 2.75) is 38.0 Å². The zero-order valence-electron chi connectivity index (χ0n) is 14.8. The molecule has 0 nitrogen and oxygen atoms in total. The van der Waals surface area contributed by atoms with Crippen molar-refractivity contribution in [3.05, 3.63) is 77.9 Å². The molecule has 0 spiro atoms. The molecule has 0 saturated heterocycles. The van der Waals surface area contributed by atoms with Crippen LogP contribution in [0.15, 0.2) is 71.6 Å². The summed E-state index contributed by atoms with van der Waals surface area (Å²) in [6.07, 6.45) is 0. The van der Waals surface area contributed by atoms with Crippen LogP contribution in [0.4, 0.5) is 0 Å². The fourth-order valence-electron chi connectivity index (χ4n) is 3.05. The third-order valence-corrected chi connectivity index (χ3v) is 4.94. The van der Waals surface area contributed by atoms with Gasteiger partial charge in [0.25, 0.3) is 0 Å². The maximum Gasteiger partial charge on any atom is 0.0119 e. The Morgan fingerprint density at radius 1 is 0.708 bits per heavy atom. The summed E-state index contributed by atoms with van der Waals surface area (Å²) in [7, 11) is 0. The van der Waals surface area contributed by atoms with Gasteiger partial charge in [0.05, 0.1) is 0 Å². The number of hydrogen-bond acceptors (Lipinski definition) is 1. The first-order valence-corrected chi connectivity index (χ1v) is 8.81. The van der Waals surface area contributed by atoms with Gasteiger partial charge in [-0.05, 0) is 51.8 Å². The van der Waals surface area contributed by atoms with Gasteiger partial charge in [-0.15, -0.1) is 12.6 Å². The molecule has 122 valence electrons. The molecule has 0 bridgehead atoms. The number of hydrogen-bond donors (Lipinski definition) is 1. The Kier molecular flexibility index (Phi) is 4.56. The minimum Gasteiger partial charge on any atom is -0.143 e. The summed E-state index contributed by atoms with van der Waals surface area (Å²) >= 11 is 4.68. The standard InChI is InChI=1S/C23H24S/c1-16-20(17-10-6-5-7-11-17)14-18(23(2,3)4)15-21(16)19-12-8-9-13-22(19)24/h5-15,24H,1-4H3. The summed E-state index contributed by atoms with van der Waals surface area (Å²) in [6, 6.07) is 23.7. The fourth-order valence-corrected chi connectivity index (χ4v) is 3.33. The van der Waals surface area contributed by atoms with Gasteiger partial charge in [-0.25, -0.2) is 0 Å². The van der Waals surface area contributed by atoms with Gasteiger partial charge < -0.3 is 0 Å². The highest BCUT2D eigenvalue weighted by Gasteiger charge is 2.19. The molecular formula is C23H24S. The lowest BCUT2D eigenvalue weighted by Gasteiger charge is -2.24. The summed E-state index contributed by atoms with van der Waals surface area (Å²) < 4.78 is 0. The lowest BCUT2D eigenvalue weighted by molar-refractivity contribution is 0.590. The molecule has 3 rings (SSSR count). The van der Waals surface area contributed by atoms with Crippen LogP contribution >= 0.6 is 12.6 Å². The van der Waals surface area contributed by atoms with Crippen LogP contribution < -0.4 is 0 Å². The van der Waals surface area contributed by atoms with Gasteiger partial charge in [-0.2, -0.15) is 0 Å². The molecule has 0 saturated carbocycles. The lowest BCUT2D eigenvalue weighted by Crippen LogP contribution is -2.12. The Morgan fingerprint density at radius 3 is 1.92 bits per heavy atom. The second kappa shape index (κ2) is 6.49. The molecule has 0 unspecified atom stereocenters. The van der Waals surface area contributed by atoms with E-state index in [2.05, 4.69) is 101 Å². The van der Waals surface area contributed by atoms with Crippen molar-refractivity contribution in [3.8, 4) is 22.3 Å². The molecule has 3 aromatic carbocycles. The first kappa shape index (κ1) is 16.9. The van der Waals surface area contributed by atoms with Crippen LogP contribution in [-0.2, 0) is 5.41 Å². The average molecular weight is 333 g/mol. The van der Waals surface area contributed by atoms with E-state index in [0.717, 1.165) is 4.90 Å². The molecule has 0 amide bonds. The minimum absolute atomic E-state index is 0.0948. The van der Waals surface area contributed by atoms with Crippen molar-refractivity contribution in [1.82, 2.24) is 0 Å². The molecule has 0 atom stereocenters. The van der Waals surface area contributed by atoms with Crippen LogP contribution in [0.3, 0.4) is 0 Å². The maximum absolute atomic E-state index is 4.68. The van der Waals surface area contributed by atoms with Gasteiger partial charge in [0, 0.05) is 4.90 Å². The first-order valence-electron chi connectivity index (χ1n) is 8.37. The second-order valence-corrected chi connectivity index (χ2v) is 7.81. The van der Waals surface area contributed by atoms with E-state index in [1.807, 2.05) is 6.07 Å². The molecule has 0 aliphatic rings. The van der Waals surface area contributed by atoms with Gasteiger partial charge in [0.15, 0.2) is 0 Å². The Bertz CT molecular complexity index is 855.